The summed E-state index contributed by atoms with van der Waals surface area (Å²) in [5.41, 5.74) is 1.22. The minimum atomic E-state index is -0.535. The van der Waals surface area contributed by atoms with Gasteiger partial charge in [-0.1, -0.05) is 11.6 Å². The smallest absolute Gasteiger partial charge is 0.263 e. The highest BCUT2D eigenvalue weighted by molar-refractivity contribution is 7.14. The van der Waals surface area contributed by atoms with Crippen LogP contribution in [-0.4, -0.2) is 52.9 Å². The Morgan fingerprint density at radius 3 is 2.58 bits per heavy atom. The van der Waals surface area contributed by atoms with Crippen molar-refractivity contribution >= 4 is 45.6 Å². The average Bonchev–Trinajstić information content (AvgIpc) is 3.21. The summed E-state index contributed by atoms with van der Waals surface area (Å²) in [6.45, 7) is 2.76. The largest absolute Gasteiger partial charge is 0.368 e. The first-order valence-electron chi connectivity index (χ1n) is 9.71. The summed E-state index contributed by atoms with van der Waals surface area (Å²) in [5, 5.41) is 5.40. The molecule has 3 heterocycles. The first-order valence-corrected chi connectivity index (χ1v) is 11.0. The van der Waals surface area contributed by atoms with E-state index in [2.05, 4.69) is 20.2 Å². The molecule has 4 rings (SSSR count). The number of carbonyl (C=O) groups excluding carboxylic acids is 2. The van der Waals surface area contributed by atoms with E-state index < -0.39 is 11.5 Å². The molecule has 160 valence electrons. The molecule has 31 heavy (non-hydrogen) atoms. The molecule has 0 radical (unpaired) electrons. The molecule has 0 spiro atoms. The number of amides is 2. The molecule has 2 N–H and O–H groups in total. The zero-order valence-electron chi connectivity index (χ0n) is 16.5. The Morgan fingerprint density at radius 1 is 1.13 bits per heavy atom. The second-order valence-electron chi connectivity index (χ2n) is 7.03. The van der Waals surface area contributed by atoms with Gasteiger partial charge >= 0.3 is 0 Å². The van der Waals surface area contributed by atoms with Gasteiger partial charge in [0.25, 0.3) is 11.5 Å². The van der Waals surface area contributed by atoms with Gasteiger partial charge in [-0.3, -0.25) is 19.7 Å². The van der Waals surface area contributed by atoms with E-state index in [-0.39, 0.29) is 17.9 Å². The van der Waals surface area contributed by atoms with E-state index >= 15 is 0 Å². The summed E-state index contributed by atoms with van der Waals surface area (Å²) in [6.07, 6.45) is 1.63. The van der Waals surface area contributed by atoms with Crippen molar-refractivity contribution in [3.05, 3.63) is 74.6 Å². The summed E-state index contributed by atoms with van der Waals surface area (Å²) >= 11 is 7.17. The fourth-order valence-corrected chi connectivity index (χ4v) is 4.17. The van der Waals surface area contributed by atoms with E-state index in [0.717, 1.165) is 18.8 Å². The van der Waals surface area contributed by atoms with Gasteiger partial charge in [-0.2, -0.15) is 0 Å². The van der Waals surface area contributed by atoms with Crippen molar-refractivity contribution in [3.63, 3.8) is 0 Å². The zero-order valence-corrected chi connectivity index (χ0v) is 18.1. The second-order valence-corrected chi connectivity index (χ2v) is 8.33. The SMILES string of the molecule is O=C(Nc1nc(CC(=O)N2CCN(c3ccc(Cl)cc3)CC2)cs1)c1ccc[nH]c1=O. The summed E-state index contributed by atoms with van der Waals surface area (Å²) in [7, 11) is 0. The van der Waals surface area contributed by atoms with Gasteiger partial charge in [0, 0.05) is 48.5 Å². The lowest BCUT2D eigenvalue weighted by atomic mass is 10.2. The number of H-pyrrole nitrogens is 1. The fraction of sp³-hybridized carbons (Fsp3) is 0.238. The zero-order chi connectivity index (χ0) is 21.8. The molecule has 8 nitrogen and oxygen atoms in total. The molecular weight excluding hydrogens is 438 g/mol. The Hall–Kier alpha value is -3.17. The number of anilines is 2. The monoisotopic (exact) mass is 457 g/mol. The van der Waals surface area contributed by atoms with Crippen LogP contribution in [0.3, 0.4) is 0 Å². The van der Waals surface area contributed by atoms with E-state index in [4.69, 9.17) is 11.6 Å². The molecule has 1 aromatic carbocycles. The Labute approximate surface area is 187 Å². The predicted octanol–water partition coefficient (Wildman–Crippen LogP) is 2.63. The number of piperazine rings is 1. The third-order valence-corrected chi connectivity index (χ3v) is 6.05. The molecule has 1 fully saturated rings. The number of rotatable bonds is 5. The van der Waals surface area contributed by atoms with Gasteiger partial charge in [-0.05, 0) is 36.4 Å². The number of thiazole rings is 1. The fourth-order valence-electron chi connectivity index (χ4n) is 3.34. The maximum absolute atomic E-state index is 12.7. The van der Waals surface area contributed by atoms with Crippen molar-refractivity contribution in [2.24, 2.45) is 0 Å². The third-order valence-electron chi connectivity index (χ3n) is 4.99. The molecule has 2 aromatic heterocycles. The third kappa shape index (κ3) is 5.12. The van der Waals surface area contributed by atoms with Crippen molar-refractivity contribution in [2.75, 3.05) is 36.4 Å². The van der Waals surface area contributed by atoms with E-state index in [1.54, 1.807) is 11.4 Å². The van der Waals surface area contributed by atoms with Crippen molar-refractivity contribution < 1.29 is 9.59 Å². The molecule has 1 saturated heterocycles. The number of aromatic amines is 1. The lowest BCUT2D eigenvalue weighted by Gasteiger charge is -2.36. The summed E-state index contributed by atoms with van der Waals surface area (Å²) in [5.74, 6) is -0.536. The van der Waals surface area contributed by atoms with Crippen LogP contribution in [0, 0.1) is 0 Å². The van der Waals surface area contributed by atoms with E-state index in [1.807, 2.05) is 29.2 Å². The van der Waals surface area contributed by atoms with Gasteiger partial charge in [-0.15, -0.1) is 11.3 Å². The van der Waals surface area contributed by atoms with Gasteiger partial charge in [0.2, 0.25) is 5.91 Å². The molecule has 10 heteroatoms. The average molecular weight is 458 g/mol. The topological polar surface area (TPSA) is 98.4 Å². The van der Waals surface area contributed by atoms with Gasteiger partial charge in [0.1, 0.15) is 5.56 Å². The molecule has 1 aliphatic rings. The molecular formula is C21H20ClN5O3S. The van der Waals surface area contributed by atoms with Crippen LogP contribution in [0.15, 0.2) is 52.8 Å². The Balaban J connectivity index is 1.30. The number of hydrogen-bond donors (Lipinski definition) is 2. The summed E-state index contributed by atoms with van der Waals surface area (Å²) < 4.78 is 0. The number of hydrogen-bond acceptors (Lipinski definition) is 6. The van der Waals surface area contributed by atoms with E-state index in [0.29, 0.717) is 28.9 Å². The van der Waals surface area contributed by atoms with Crippen molar-refractivity contribution in [3.8, 4) is 0 Å². The number of aromatic nitrogens is 2. The van der Waals surface area contributed by atoms with E-state index in [9.17, 15) is 14.4 Å². The Kier molecular flexibility index (Phi) is 6.34. The summed E-state index contributed by atoms with van der Waals surface area (Å²) in [4.78, 5) is 47.4. The molecule has 3 aromatic rings. The molecule has 0 atom stereocenters. The van der Waals surface area contributed by atoms with Gasteiger partial charge in [0.15, 0.2) is 5.13 Å². The minimum absolute atomic E-state index is 0.00145. The number of nitrogens with one attached hydrogen (secondary N) is 2. The predicted molar refractivity (Wildman–Crippen MR) is 121 cm³/mol. The highest BCUT2D eigenvalue weighted by Crippen LogP contribution is 2.20. The first kappa shape index (κ1) is 21.1. The second kappa shape index (κ2) is 9.32. The van der Waals surface area contributed by atoms with E-state index in [1.165, 1.54) is 23.6 Å². The molecule has 2 amide bonds. The lowest BCUT2D eigenvalue weighted by molar-refractivity contribution is -0.130. The summed E-state index contributed by atoms with van der Waals surface area (Å²) in [6, 6.07) is 10.7. The normalized spacial score (nSPS) is 13.8. The maximum atomic E-state index is 12.7. The Bertz CT molecular complexity index is 1140. The van der Waals surface area contributed by atoms with Gasteiger partial charge < -0.3 is 14.8 Å². The standard InChI is InChI=1S/C21H20ClN5O3S/c22-14-3-5-16(6-4-14)26-8-10-27(11-9-26)18(28)12-15-13-31-21(24-15)25-20(30)17-2-1-7-23-19(17)29/h1-7,13H,8-12H2,(H,23,29)(H,24,25,30). The molecule has 0 unspecified atom stereocenters. The van der Waals surface area contributed by atoms with Gasteiger partial charge in [-0.25, -0.2) is 4.98 Å². The molecule has 0 saturated carbocycles. The minimum Gasteiger partial charge on any atom is -0.368 e. The Morgan fingerprint density at radius 2 is 1.87 bits per heavy atom. The number of nitrogens with zero attached hydrogens (tertiary/aromatic N) is 3. The van der Waals surface area contributed by atoms with Crippen molar-refractivity contribution in [2.45, 2.75) is 6.42 Å². The molecule has 0 bridgehead atoms. The quantitative estimate of drug-likeness (QED) is 0.613. The maximum Gasteiger partial charge on any atom is 0.263 e. The van der Waals surface area contributed by atoms with Crippen LogP contribution in [0.1, 0.15) is 16.1 Å². The lowest BCUT2D eigenvalue weighted by Crippen LogP contribution is -2.49. The van der Waals surface area contributed by atoms with Gasteiger partial charge in [0.05, 0.1) is 12.1 Å². The molecule has 0 aliphatic carbocycles. The number of pyridine rings is 1. The first-order chi connectivity index (χ1) is 15.0. The highest BCUT2D eigenvalue weighted by atomic mass is 35.5. The number of halogens is 1. The van der Waals surface area contributed by atoms with Crippen LogP contribution in [0.25, 0.3) is 0 Å². The van der Waals surface area contributed by atoms with Crippen LogP contribution in [0.5, 0.6) is 0 Å². The highest BCUT2D eigenvalue weighted by Gasteiger charge is 2.22. The molecule has 1 aliphatic heterocycles. The van der Waals surface area contributed by atoms with Crippen LogP contribution in [0.2, 0.25) is 5.02 Å². The van der Waals surface area contributed by atoms with Crippen LogP contribution >= 0.6 is 22.9 Å². The number of benzene rings is 1. The number of carbonyl (C=O) groups is 2. The van der Waals surface area contributed by atoms with Crippen molar-refractivity contribution in [1.82, 2.24) is 14.9 Å². The van der Waals surface area contributed by atoms with Crippen LogP contribution in [0.4, 0.5) is 10.8 Å². The van der Waals surface area contributed by atoms with Crippen LogP contribution in [-0.2, 0) is 11.2 Å². The van der Waals surface area contributed by atoms with Crippen LogP contribution < -0.4 is 15.8 Å². The van der Waals surface area contributed by atoms with Crippen molar-refractivity contribution in [1.29, 1.82) is 0 Å².